The molecule has 2 aromatic rings. The smallest absolute Gasteiger partial charge is 0.0478 e. The van der Waals surface area contributed by atoms with Crippen molar-refractivity contribution in [2.75, 3.05) is 0 Å². The van der Waals surface area contributed by atoms with Gasteiger partial charge in [0.25, 0.3) is 0 Å². The summed E-state index contributed by atoms with van der Waals surface area (Å²) in [7, 11) is 0. The topological polar surface area (TPSA) is 38.0 Å². The zero-order chi connectivity index (χ0) is 12.1. The largest absolute Gasteiger partial charge is 0.271 e. The molecule has 0 radical (unpaired) electrons. The number of benzene rings is 1. The van der Waals surface area contributed by atoms with E-state index in [0.717, 1.165) is 23.4 Å². The molecular weight excluding hydrogens is 252 g/mol. The Bertz CT molecular complexity index is 456. The standard InChI is InChI=1S/C13H15ClN2S/c14-12-6-2-1-5-11(12)13(16-15)8-7-10-4-3-9-17-10/h1-6,9,13,16H,7-8,15H2. The van der Waals surface area contributed by atoms with Crippen molar-refractivity contribution in [3.05, 3.63) is 57.2 Å². The highest BCUT2D eigenvalue weighted by Gasteiger charge is 2.12. The summed E-state index contributed by atoms with van der Waals surface area (Å²) < 4.78 is 0. The van der Waals surface area contributed by atoms with Crippen LogP contribution in [0.25, 0.3) is 0 Å². The second-order valence-corrected chi connectivity index (χ2v) is 5.30. The molecule has 0 saturated carbocycles. The maximum Gasteiger partial charge on any atom is 0.0478 e. The van der Waals surface area contributed by atoms with Crippen molar-refractivity contribution >= 4 is 22.9 Å². The first-order valence-corrected chi connectivity index (χ1v) is 6.80. The van der Waals surface area contributed by atoms with E-state index in [2.05, 4.69) is 22.9 Å². The Morgan fingerprint density at radius 2 is 2.06 bits per heavy atom. The van der Waals surface area contributed by atoms with Crippen LogP contribution in [0, 0.1) is 0 Å². The molecule has 90 valence electrons. The van der Waals surface area contributed by atoms with Gasteiger partial charge in [-0.2, -0.15) is 0 Å². The van der Waals surface area contributed by atoms with Crippen LogP contribution < -0.4 is 11.3 Å². The molecule has 0 aliphatic carbocycles. The fourth-order valence-electron chi connectivity index (χ4n) is 1.83. The molecule has 1 aromatic carbocycles. The lowest BCUT2D eigenvalue weighted by Crippen LogP contribution is -2.28. The molecule has 0 amide bonds. The third-order valence-electron chi connectivity index (χ3n) is 2.74. The summed E-state index contributed by atoms with van der Waals surface area (Å²) in [5, 5.41) is 2.86. The van der Waals surface area contributed by atoms with E-state index in [0.29, 0.717) is 0 Å². The van der Waals surface area contributed by atoms with Crippen LogP contribution in [0.15, 0.2) is 41.8 Å². The predicted octanol–water partition coefficient (Wildman–Crippen LogP) is 3.54. The van der Waals surface area contributed by atoms with Gasteiger partial charge in [-0.25, -0.2) is 0 Å². The molecular formula is C13H15ClN2S. The lowest BCUT2D eigenvalue weighted by molar-refractivity contribution is 0.518. The number of nitrogens with one attached hydrogen (secondary N) is 1. The lowest BCUT2D eigenvalue weighted by Gasteiger charge is -2.17. The maximum atomic E-state index is 6.17. The van der Waals surface area contributed by atoms with Crippen LogP contribution in [0.3, 0.4) is 0 Å². The molecule has 1 atom stereocenters. The molecule has 1 heterocycles. The lowest BCUT2D eigenvalue weighted by atomic mass is 10.0. The first-order chi connectivity index (χ1) is 8.31. The molecule has 0 fully saturated rings. The van der Waals surface area contributed by atoms with Gasteiger partial charge < -0.3 is 0 Å². The van der Waals surface area contributed by atoms with Crippen LogP contribution in [0.4, 0.5) is 0 Å². The fourth-order valence-corrected chi connectivity index (χ4v) is 2.82. The van der Waals surface area contributed by atoms with Crippen molar-refractivity contribution in [2.24, 2.45) is 5.84 Å². The SMILES string of the molecule is NNC(CCc1cccs1)c1ccccc1Cl. The van der Waals surface area contributed by atoms with Gasteiger partial charge in [0, 0.05) is 15.9 Å². The Hall–Kier alpha value is -0.870. The Kier molecular flexibility index (Phi) is 4.57. The van der Waals surface area contributed by atoms with E-state index in [1.54, 1.807) is 11.3 Å². The zero-order valence-electron chi connectivity index (χ0n) is 9.40. The second kappa shape index (κ2) is 6.17. The van der Waals surface area contributed by atoms with Crippen molar-refractivity contribution in [1.82, 2.24) is 5.43 Å². The first kappa shape index (κ1) is 12.6. The van der Waals surface area contributed by atoms with E-state index in [-0.39, 0.29) is 6.04 Å². The van der Waals surface area contributed by atoms with Crippen LogP contribution in [-0.4, -0.2) is 0 Å². The van der Waals surface area contributed by atoms with E-state index >= 15 is 0 Å². The number of nitrogens with two attached hydrogens (primary N) is 1. The molecule has 1 aromatic heterocycles. The predicted molar refractivity (Wildman–Crippen MR) is 74.2 cm³/mol. The maximum absolute atomic E-state index is 6.17. The van der Waals surface area contributed by atoms with Gasteiger partial charge in [0.2, 0.25) is 0 Å². The average Bonchev–Trinajstić information content (AvgIpc) is 2.85. The number of thiophene rings is 1. The molecule has 1 unspecified atom stereocenters. The van der Waals surface area contributed by atoms with Gasteiger partial charge in [-0.3, -0.25) is 11.3 Å². The Morgan fingerprint density at radius 1 is 1.24 bits per heavy atom. The van der Waals surface area contributed by atoms with E-state index in [1.165, 1.54) is 4.88 Å². The third kappa shape index (κ3) is 3.30. The molecule has 17 heavy (non-hydrogen) atoms. The quantitative estimate of drug-likeness (QED) is 0.642. The molecule has 0 bridgehead atoms. The van der Waals surface area contributed by atoms with Gasteiger partial charge >= 0.3 is 0 Å². The highest BCUT2D eigenvalue weighted by Crippen LogP contribution is 2.26. The minimum Gasteiger partial charge on any atom is -0.271 e. The highest BCUT2D eigenvalue weighted by atomic mass is 35.5. The monoisotopic (exact) mass is 266 g/mol. The number of halogens is 1. The average molecular weight is 267 g/mol. The fraction of sp³-hybridized carbons (Fsp3) is 0.231. The van der Waals surface area contributed by atoms with Gasteiger partial charge in [0.1, 0.15) is 0 Å². The van der Waals surface area contributed by atoms with E-state index < -0.39 is 0 Å². The molecule has 0 spiro atoms. The van der Waals surface area contributed by atoms with Crippen molar-refractivity contribution in [3.8, 4) is 0 Å². The Morgan fingerprint density at radius 3 is 2.71 bits per heavy atom. The summed E-state index contributed by atoms with van der Waals surface area (Å²) >= 11 is 7.94. The number of hydrogen-bond donors (Lipinski definition) is 2. The second-order valence-electron chi connectivity index (χ2n) is 3.86. The van der Waals surface area contributed by atoms with Crippen LogP contribution in [-0.2, 0) is 6.42 Å². The van der Waals surface area contributed by atoms with E-state index in [9.17, 15) is 0 Å². The van der Waals surface area contributed by atoms with Gasteiger partial charge in [0.15, 0.2) is 0 Å². The van der Waals surface area contributed by atoms with Crippen molar-refractivity contribution in [3.63, 3.8) is 0 Å². The number of hydrogen-bond acceptors (Lipinski definition) is 3. The highest BCUT2D eigenvalue weighted by molar-refractivity contribution is 7.09. The van der Waals surface area contributed by atoms with Crippen LogP contribution in [0.5, 0.6) is 0 Å². The molecule has 3 N–H and O–H groups in total. The summed E-state index contributed by atoms with van der Waals surface area (Å²) in [6, 6.07) is 12.1. The number of hydrazine groups is 1. The summed E-state index contributed by atoms with van der Waals surface area (Å²) in [5.41, 5.74) is 3.90. The van der Waals surface area contributed by atoms with Crippen LogP contribution in [0.2, 0.25) is 5.02 Å². The summed E-state index contributed by atoms with van der Waals surface area (Å²) in [4.78, 5) is 1.37. The molecule has 2 nitrogen and oxygen atoms in total. The van der Waals surface area contributed by atoms with E-state index in [1.807, 2.05) is 24.3 Å². The van der Waals surface area contributed by atoms with Gasteiger partial charge in [0.05, 0.1) is 0 Å². The number of aryl methyl sites for hydroxylation is 1. The Balaban J connectivity index is 2.04. The van der Waals surface area contributed by atoms with Crippen molar-refractivity contribution in [2.45, 2.75) is 18.9 Å². The zero-order valence-corrected chi connectivity index (χ0v) is 11.0. The van der Waals surface area contributed by atoms with Gasteiger partial charge in [-0.15, -0.1) is 11.3 Å². The van der Waals surface area contributed by atoms with Gasteiger partial charge in [-0.1, -0.05) is 35.9 Å². The summed E-state index contributed by atoms with van der Waals surface area (Å²) in [6.45, 7) is 0. The Labute approximate surface area is 110 Å². The molecule has 2 rings (SSSR count). The number of rotatable bonds is 5. The van der Waals surface area contributed by atoms with Gasteiger partial charge in [-0.05, 0) is 35.9 Å². The van der Waals surface area contributed by atoms with Crippen LogP contribution in [0.1, 0.15) is 22.9 Å². The minimum absolute atomic E-state index is 0.103. The van der Waals surface area contributed by atoms with Crippen molar-refractivity contribution < 1.29 is 0 Å². The molecule has 4 heteroatoms. The molecule has 0 aliphatic heterocycles. The summed E-state index contributed by atoms with van der Waals surface area (Å²) in [5.74, 6) is 5.61. The molecule has 0 aliphatic rings. The summed E-state index contributed by atoms with van der Waals surface area (Å²) in [6.07, 6.45) is 1.96. The molecule has 0 saturated heterocycles. The first-order valence-electron chi connectivity index (χ1n) is 5.54. The minimum atomic E-state index is 0.103. The third-order valence-corrected chi connectivity index (χ3v) is 4.02. The van der Waals surface area contributed by atoms with Crippen molar-refractivity contribution in [1.29, 1.82) is 0 Å². The normalized spacial score (nSPS) is 12.6. The van der Waals surface area contributed by atoms with Crippen LogP contribution >= 0.6 is 22.9 Å². The van der Waals surface area contributed by atoms with E-state index in [4.69, 9.17) is 17.4 Å².